The lowest BCUT2D eigenvalue weighted by Gasteiger charge is -1.95. The van der Waals surface area contributed by atoms with Crippen molar-refractivity contribution in [1.29, 1.82) is 0 Å². The number of ether oxygens (including phenoxy) is 1. The lowest BCUT2D eigenvalue weighted by Crippen LogP contribution is -2.01. The predicted octanol–water partition coefficient (Wildman–Crippen LogP) is 2.22. The van der Waals surface area contributed by atoms with Crippen LogP contribution in [-0.4, -0.2) is 11.3 Å². The summed E-state index contributed by atoms with van der Waals surface area (Å²) in [5, 5.41) is -0.356. The standard InChI is InChI=1S/C6H5BrF2O2/c1-2-11-6(10)5(9)4(8)3-7/h2H,1,3H2. The SMILES string of the molecule is C=COC(=O)C(F)=C(F)CBr. The Labute approximate surface area is 70.7 Å². The van der Waals surface area contributed by atoms with E-state index in [1.54, 1.807) is 0 Å². The minimum absolute atomic E-state index is 0.356. The molecule has 0 atom stereocenters. The summed E-state index contributed by atoms with van der Waals surface area (Å²) < 4.78 is 28.5. The van der Waals surface area contributed by atoms with Gasteiger partial charge in [0.15, 0.2) is 5.83 Å². The molecule has 0 aromatic heterocycles. The Hall–Kier alpha value is -0.710. The van der Waals surface area contributed by atoms with Crippen LogP contribution in [0.5, 0.6) is 0 Å². The second kappa shape index (κ2) is 5.01. The molecular weight excluding hydrogens is 222 g/mol. The van der Waals surface area contributed by atoms with Crippen molar-refractivity contribution in [2.75, 3.05) is 5.33 Å². The van der Waals surface area contributed by atoms with Gasteiger partial charge in [-0.2, -0.15) is 4.39 Å². The first-order valence-electron chi connectivity index (χ1n) is 2.55. The van der Waals surface area contributed by atoms with Crippen LogP contribution in [0.4, 0.5) is 8.78 Å². The fourth-order valence-electron chi connectivity index (χ4n) is 0.297. The lowest BCUT2D eigenvalue weighted by molar-refractivity contribution is -0.135. The first-order chi connectivity index (χ1) is 5.13. The second-order valence-electron chi connectivity index (χ2n) is 1.42. The highest BCUT2D eigenvalue weighted by molar-refractivity contribution is 9.09. The number of carbonyl (C=O) groups is 1. The third-order valence-corrected chi connectivity index (χ3v) is 1.22. The third kappa shape index (κ3) is 3.27. The summed E-state index contributed by atoms with van der Waals surface area (Å²) in [4.78, 5) is 10.4. The van der Waals surface area contributed by atoms with Crippen LogP contribution in [0, 0.1) is 0 Å². The Morgan fingerprint density at radius 3 is 2.55 bits per heavy atom. The Kier molecular flexibility index (Phi) is 4.69. The lowest BCUT2D eigenvalue weighted by atomic mass is 10.5. The van der Waals surface area contributed by atoms with Gasteiger partial charge in [-0.1, -0.05) is 22.5 Å². The Morgan fingerprint density at radius 1 is 1.64 bits per heavy atom. The fourth-order valence-corrected chi connectivity index (χ4v) is 0.543. The first kappa shape index (κ1) is 10.3. The van der Waals surface area contributed by atoms with Gasteiger partial charge < -0.3 is 4.74 Å². The summed E-state index contributed by atoms with van der Waals surface area (Å²) in [5.74, 6) is -4.12. The van der Waals surface area contributed by atoms with Crippen molar-refractivity contribution in [2.24, 2.45) is 0 Å². The Balaban J connectivity index is 4.33. The molecule has 0 aliphatic carbocycles. The van der Waals surface area contributed by atoms with Gasteiger partial charge in [0.05, 0.1) is 11.6 Å². The van der Waals surface area contributed by atoms with Crippen LogP contribution in [0.15, 0.2) is 24.5 Å². The maximum atomic E-state index is 12.3. The zero-order valence-corrected chi connectivity index (χ0v) is 7.03. The molecule has 11 heavy (non-hydrogen) atoms. The number of carbonyl (C=O) groups excluding carboxylic acids is 1. The minimum atomic E-state index is -1.54. The van der Waals surface area contributed by atoms with E-state index in [4.69, 9.17) is 0 Å². The van der Waals surface area contributed by atoms with Crippen LogP contribution >= 0.6 is 15.9 Å². The van der Waals surface area contributed by atoms with E-state index in [-0.39, 0.29) is 5.33 Å². The van der Waals surface area contributed by atoms with Crippen LogP contribution < -0.4 is 0 Å². The molecule has 0 saturated carbocycles. The van der Waals surface area contributed by atoms with Crippen LogP contribution in [0.1, 0.15) is 0 Å². The molecule has 2 nitrogen and oxygen atoms in total. The maximum absolute atomic E-state index is 12.3. The van der Waals surface area contributed by atoms with Gasteiger partial charge in [0.2, 0.25) is 5.83 Å². The van der Waals surface area contributed by atoms with Crippen molar-refractivity contribution >= 4 is 21.9 Å². The predicted molar refractivity (Wildman–Crippen MR) is 39.3 cm³/mol. The quantitative estimate of drug-likeness (QED) is 0.320. The van der Waals surface area contributed by atoms with Crippen LogP contribution in [0.25, 0.3) is 0 Å². The average Bonchev–Trinajstić information content (AvgIpc) is 2.02. The molecule has 62 valence electrons. The van der Waals surface area contributed by atoms with Crippen LogP contribution in [0.2, 0.25) is 0 Å². The van der Waals surface area contributed by atoms with Crippen molar-refractivity contribution in [1.82, 2.24) is 0 Å². The largest absolute Gasteiger partial charge is 0.430 e. The van der Waals surface area contributed by atoms with Gasteiger partial charge in [-0.15, -0.1) is 0 Å². The monoisotopic (exact) mass is 226 g/mol. The molecule has 0 amide bonds. The third-order valence-electron chi connectivity index (χ3n) is 0.725. The van der Waals surface area contributed by atoms with Crippen LogP contribution in [-0.2, 0) is 9.53 Å². The van der Waals surface area contributed by atoms with E-state index < -0.39 is 17.6 Å². The number of halogens is 3. The molecule has 0 heterocycles. The molecule has 0 bridgehead atoms. The van der Waals surface area contributed by atoms with E-state index in [0.717, 1.165) is 6.26 Å². The summed E-state index contributed by atoms with van der Waals surface area (Å²) in [7, 11) is 0. The highest BCUT2D eigenvalue weighted by Gasteiger charge is 2.14. The van der Waals surface area contributed by atoms with E-state index in [2.05, 4.69) is 27.2 Å². The number of hydrogen-bond donors (Lipinski definition) is 0. The molecule has 0 aromatic carbocycles. The summed E-state index contributed by atoms with van der Waals surface area (Å²) in [5.41, 5.74) is 0. The molecule has 0 saturated heterocycles. The Morgan fingerprint density at radius 2 is 2.18 bits per heavy atom. The topological polar surface area (TPSA) is 26.3 Å². The smallest absolute Gasteiger partial charge is 0.374 e. The molecule has 0 spiro atoms. The van der Waals surface area contributed by atoms with Gasteiger partial charge in [0, 0.05) is 0 Å². The van der Waals surface area contributed by atoms with E-state index in [1.807, 2.05) is 0 Å². The number of alkyl halides is 1. The number of allylic oxidation sites excluding steroid dienone is 1. The molecule has 0 fully saturated rings. The summed E-state index contributed by atoms with van der Waals surface area (Å²) in [6, 6.07) is 0. The fraction of sp³-hybridized carbons (Fsp3) is 0.167. The summed E-state index contributed by atoms with van der Waals surface area (Å²) in [6.45, 7) is 3.00. The number of rotatable bonds is 3. The van der Waals surface area contributed by atoms with Gasteiger partial charge in [-0.05, 0) is 0 Å². The maximum Gasteiger partial charge on any atom is 0.374 e. The van der Waals surface area contributed by atoms with Gasteiger partial charge in [0.25, 0.3) is 0 Å². The van der Waals surface area contributed by atoms with Crippen molar-refractivity contribution in [3.05, 3.63) is 24.5 Å². The normalized spacial score (nSPS) is 11.9. The molecule has 0 rings (SSSR count). The molecule has 0 N–H and O–H groups in total. The van der Waals surface area contributed by atoms with E-state index in [0.29, 0.717) is 0 Å². The van der Waals surface area contributed by atoms with Crippen molar-refractivity contribution in [3.8, 4) is 0 Å². The number of esters is 1. The van der Waals surface area contributed by atoms with E-state index in [9.17, 15) is 13.6 Å². The highest BCUT2D eigenvalue weighted by Crippen LogP contribution is 2.11. The van der Waals surface area contributed by atoms with Crippen LogP contribution in [0.3, 0.4) is 0 Å². The number of hydrogen-bond acceptors (Lipinski definition) is 2. The molecule has 0 unspecified atom stereocenters. The molecule has 5 heteroatoms. The zero-order valence-electron chi connectivity index (χ0n) is 5.44. The molecule has 0 aromatic rings. The van der Waals surface area contributed by atoms with Gasteiger partial charge in [-0.25, -0.2) is 9.18 Å². The molecule has 0 aliphatic heterocycles. The minimum Gasteiger partial charge on any atom is -0.430 e. The molecule has 0 aliphatic rings. The van der Waals surface area contributed by atoms with E-state index in [1.165, 1.54) is 0 Å². The summed E-state index contributed by atoms with van der Waals surface area (Å²) in [6.07, 6.45) is 0.726. The van der Waals surface area contributed by atoms with Gasteiger partial charge >= 0.3 is 5.97 Å². The summed E-state index contributed by atoms with van der Waals surface area (Å²) >= 11 is 2.63. The van der Waals surface area contributed by atoms with E-state index >= 15 is 0 Å². The first-order valence-corrected chi connectivity index (χ1v) is 3.67. The second-order valence-corrected chi connectivity index (χ2v) is 1.99. The Bertz CT molecular complexity index is 201. The van der Waals surface area contributed by atoms with Crippen molar-refractivity contribution < 1.29 is 18.3 Å². The molecule has 0 radical (unpaired) electrons. The molecular formula is C6H5BrF2O2. The highest BCUT2D eigenvalue weighted by atomic mass is 79.9. The zero-order chi connectivity index (χ0) is 8.85. The van der Waals surface area contributed by atoms with Crippen molar-refractivity contribution in [3.63, 3.8) is 0 Å². The van der Waals surface area contributed by atoms with Crippen molar-refractivity contribution in [2.45, 2.75) is 0 Å². The van der Waals surface area contributed by atoms with Gasteiger partial charge in [0.1, 0.15) is 0 Å². The average molecular weight is 227 g/mol. The van der Waals surface area contributed by atoms with Gasteiger partial charge in [-0.3, -0.25) is 0 Å².